The molecule has 4 aromatic rings. The molecule has 0 aliphatic carbocycles. The van der Waals surface area contributed by atoms with Crippen LogP contribution in [0.25, 0.3) is 21.6 Å². The molecule has 0 radical (unpaired) electrons. The molecule has 0 saturated heterocycles. The lowest BCUT2D eigenvalue weighted by atomic mass is 10.2. The molecule has 2 heterocycles. The van der Waals surface area contributed by atoms with E-state index < -0.39 is 0 Å². The molecule has 0 N–H and O–H groups in total. The molecule has 6 nitrogen and oxygen atoms in total. The molecule has 4 rings (SSSR count). The summed E-state index contributed by atoms with van der Waals surface area (Å²) >= 11 is 1.61. The van der Waals surface area contributed by atoms with Crippen LogP contribution in [-0.2, 0) is 17.8 Å². The van der Waals surface area contributed by atoms with E-state index >= 15 is 0 Å². The summed E-state index contributed by atoms with van der Waals surface area (Å²) in [6, 6.07) is 17.6. The number of aromatic nitrogens is 3. The van der Waals surface area contributed by atoms with E-state index in [9.17, 15) is 4.79 Å². The molecule has 0 unspecified atom stereocenters. The highest BCUT2D eigenvalue weighted by molar-refractivity contribution is 7.18. The molecule has 0 aliphatic heterocycles. The maximum atomic E-state index is 12.4. The van der Waals surface area contributed by atoms with Crippen LogP contribution in [0.4, 0.5) is 0 Å². The molecule has 0 aliphatic rings. The van der Waals surface area contributed by atoms with Crippen molar-refractivity contribution in [1.82, 2.24) is 20.0 Å². The van der Waals surface area contributed by atoms with Crippen molar-refractivity contribution < 1.29 is 9.32 Å². The van der Waals surface area contributed by atoms with Crippen molar-refractivity contribution in [3.8, 4) is 11.4 Å². The minimum absolute atomic E-state index is 0.0220. The number of amides is 1. The Morgan fingerprint density at radius 2 is 1.85 bits per heavy atom. The fourth-order valence-electron chi connectivity index (χ4n) is 2.74. The number of carbonyl (C=O) groups excluding carboxylic acids is 1. The Morgan fingerprint density at radius 1 is 1.07 bits per heavy atom. The number of fused-ring (bicyclic) bond motifs is 1. The van der Waals surface area contributed by atoms with Gasteiger partial charge in [-0.1, -0.05) is 47.6 Å². The Hall–Kier alpha value is -3.06. The monoisotopic (exact) mass is 378 g/mol. The minimum atomic E-state index is 0.0220. The summed E-state index contributed by atoms with van der Waals surface area (Å²) in [6.45, 7) is 0.497. The van der Waals surface area contributed by atoms with Gasteiger partial charge in [-0.25, -0.2) is 4.98 Å². The first kappa shape index (κ1) is 17.4. The summed E-state index contributed by atoms with van der Waals surface area (Å²) in [5.74, 6) is 1.03. The number of hydrogen-bond acceptors (Lipinski definition) is 6. The number of thiazole rings is 1. The number of rotatable bonds is 6. The third-order valence-corrected chi connectivity index (χ3v) is 5.21. The molecule has 136 valence electrons. The van der Waals surface area contributed by atoms with Gasteiger partial charge in [0.1, 0.15) is 5.01 Å². The van der Waals surface area contributed by atoms with Crippen molar-refractivity contribution in [3.05, 3.63) is 65.5 Å². The van der Waals surface area contributed by atoms with Crippen LogP contribution in [0, 0.1) is 0 Å². The SMILES string of the molecule is CN(Cc1nc2ccccc2s1)C(=O)CCc1nc(-c2ccccc2)no1. The van der Waals surface area contributed by atoms with Gasteiger partial charge in [-0.2, -0.15) is 4.98 Å². The summed E-state index contributed by atoms with van der Waals surface area (Å²) in [5.41, 5.74) is 1.87. The maximum absolute atomic E-state index is 12.4. The smallest absolute Gasteiger partial charge is 0.227 e. The highest BCUT2D eigenvalue weighted by atomic mass is 32.1. The Labute approximate surface area is 160 Å². The Morgan fingerprint density at radius 3 is 2.67 bits per heavy atom. The van der Waals surface area contributed by atoms with Crippen LogP contribution in [0.1, 0.15) is 17.3 Å². The maximum Gasteiger partial charge on any atom is 0.227 e. The summed E-state index contributed by atoms with van der Waals surface area (Å²) in [4.78, 5) is 23.1. The van der Waals surface area contributed by atoms with E-state index in [1.54, 1.807) is 23.3 Å². The van der Waals surface area contributed by atoms with E-state index in [4.69, 9.17) is 4.52 Å². The van der Waals surface area contributed by atoms with Crippen LogP contribution in [-0.4, -0.2) is 33.0 Å². The van der Waals surface area contributed by atoms with Crippen molar-refractivity contribution in [2.45, 2.75) is 19.4 Å². The molecule has 1 amide bonds. The topological polar surface area (TPSA) is 72.1 Å². The Balaban J connectivity index is 1.34. The standard InChI is InChI=1S/C20H18N4O2S/c1-24(13-18-21-15-9-5-6-10-16(15)27-18)19(25)12-11-17-22-20(23-26-17)14-7-3-2-4-8-14/h2-10H,11-13H2,1H3. The highest BCUT2D eigenvalue weighted by Crippen LogP contribution is 2.22. The molecule has 7 heteroatoms. The first-order valence-corrected chi connectivity index (χ1v) is 9.47. The second-order valence-corrected chi connectivity index (χ2v) is 7.32. The number of hydrogen-bond donors (Lipinski definition) is 0. The molecule has 0 spiro atoms. The normalized spacial score (nSPS) is 11.0. The van der Waals surface area contributed by atoms with Crippen LogP contribution in [0.3, 0.4) is 0 Å². The molecular formula is C20H18N4O2S. The number of aryl methyl sites for hydroxylation is 1. The zero-order valence-corrected chi connectivity index (χ0v) is 15.6. The van der Waals surface area contributed by atoms with Crippen LogP contribution >= 0.6 is 11.3 Å². The summed E-state index contributed by atoms with van der Waals surface area (Å²) in [6.07, 6.45) is 0.737. The van der Waals surface area contributed by atoms with Crippen molar-refractivity contribution >= 4 is 27.5 Å². The number of para-hydroxylation sites is 1. The van der Waals surface area contributed by atoms with E-state index in [0.717, 1.165) is 20.8 Å². The third kappa shape index (κ3) is 4.03. The van der Waals surface area contributed by atoms with Crippen molar-refractivity contribution in [3.63, 3.8) is 0 Å². The van der Waals surface area contributed by atoms with Crippen LogP contribution in [0.5, 0.6) is 0 Å². The van der Waals surface area contributed by atoms with E-state index in [1.807, 2.05) is 54.6 Å². The summed E-state index contributed by atoms with van der Waals surface area (Å²) in [5, 5.41) is 4.91. The quantitative estimate of drug-likeness (QED) is 0.508. The predicted molar refractivity (Wildman–Crippen MR) is 104 cm³/mol. The van der Waals surface area contributed by atoms with Gasteiger partial charge in [-0.3, -0.25) is 4.79 Å². The van der Waals surface area contributed by atoms with Crippen LogP contribution < -0.4 is 0 Å². The van der Waals surface area contributed by atoms with Gasteiger partial charge in [0.25, 0.3) is 0 Å². The van der Waals surface area contributed by atoms with Crippen LogP contribution in [0.15, 0.2) is 59.1 Å². The molecular weight excluding hydrogens is 360 g/mol. The summed E-state index contributed by atoms with van der Waals surface area (Å²) < 4.78 is 6.40. The van der Waals surface area contributed by atoms with E-state index in [0.29, 0.717) is 31.1 Å². The van der Waals surface area contributed by atoms with Gasteiger partial charge in [0.05, 0.1) is 16.8 Å². The lowest BCUT2D eigenvalue weighted by molar-refractivity contribution is -0.130. The third-order valence-electron chi connectivity index (χ3n) is 4.19. The molecule has 0 bridgehead atoms. The molecule has 0 atom stereocenters. The van der Waals surface area contributed by atoms with Crippen molar-refractivity contribution in [2.75, 3.05) is 7.05 Å². The highest BCUT2D eigenvalue weighted by Gasteiger charge is 2.15. The van der Waals surface area contributed by atoms with Crippen LogP contribution in [0.2, 0.25) is 0 Å². The minimum Gasteiger partial charge on any atom is -0.339 e. The zero-order valence-electron chi connectivity index (χ0n) is 14.8. The molecule has 27 heavy (non-hydrogen) atoms. The molecule has 0 saturated carbocycles. The number of nitrogens with zero attached hydrogens (tertiary/aromatic N) is 4. The first-order valence-electron chi connectivity index (χ1n) is 8.65. The van der Waals surface area contributed by atoms with E-state index in [2.05, 4.69) is 15.1 Å². The average molecular weight is 378 g/mol. The number of carbonyl (C=O) groups is 1. The Kier molecular flexibility index (Phi) is 4.93. The zero-order chi connectivity index (χ0) is 18.6. The fraction of sp³-hybridized carbons (Fsp3) is 0.200. The van der Waals surface area contributed by atoms with Gasteiger partial charge in [0.15, 0.2) is 0 Å². The predicted octanol–water partition coefficient (Wildman–Crippen LogP) is 3.94. The van der Waals surface area contributed by atoms with Gasteiger partial charge in [0.2, 0.25) is 17.6 Å². The second kappa shape index (κ2) is 7.67. The van der Waals surface area contributed by atoms with Gasteiger partial charge in [0, 0.05) is 25.5 Å². The molecule has 2 aromatic carbocycles. The summed E-state index contributed by atoms with van der Waals surface area (Å²) in [7, 11) is 1.79. The lowest BCUT2D eigenvalue weighted by Gasteiger charge is -2.14. The molecule has 2 aromatic heterocycles. The van der Waals surface area contributed by atoms with Gasteiger partial charge >= 0.3 is 0 Å². The number of benzene rings is 2. The fourth-order valence-corrected chi connectivity index (χ4v) is 3.77. The largest absolute Gasteiger partial charge is 0.339 e. The Bertz CT molecular complexity index is 1020. The van der Waals surface area contributed by atoms with E-state index in [1.165, 1.54) is 0 Å². The second-order valence-electron chi connectivity index (χ2n) is 6.20. The van der Waals surface area contributed by atoms with Gasteiger partial charge in [-0.05, 0) is 12.1 Å². The first-order chi connectivity index (χ1) is 13.2. The van der Waals surface area contributed by atoms with Gasteiger partial charge in [-0.15, -0.1) is 11.3 Å². The van der Waals surface area contributed by atoms with Gasteiger partial charge < -0.3 is 9.42 Å². The lowest BCUT2D eigenvalue weighted by Crippen LogP contribution is -2.26. The average Bonchev–Trinajstić information content (AvgIpc) is 3.33. The van der Waals surface area contributed by atoms with E-state index in [-0.39, 0.29) is 5.91 Å². The van der Waals surface area contributed by atoms with Crippen molar-refractivity contribution in [1.29, 1.82) is 0 Å². The molecule has 0 fully saturated rings. The van der Waals surface area contributed by atoms with Crippen molar-refractivity contribution in [2.24, 2.45) is 0 Å².